The number of hydrogen-bond acceptors (Lipinski definition) is 7. The lowest BCUT2D eigenvalue weighted by Gasteiger charge is -2.30. The van der Waals surface area contributed by atoms with Crippen LogP contribution in [-0.4, -0.2) is 48.5 Å². The number of aromatic nitrogens is 6. The van der Waals surface area contributed by atoms with Gasteiger partial charge in [0.1, 0.15) is 5.82 Å². The topological polar surface area (TPSA) is 102 Å². The first-order valence-corrected chi connectivity index (χ1v) is 11.3. The van der Waals surface area contributed by atoms with E-state index in [0.29, 0.717) is 23.1 Å². The predicted octanol–water partition coefficient (Wildman–Crippen LogP) is 3.11. The molecule has 172 valence electrons. The molecule has 3 N–H and O–H groups in total. The van der Waals surface area contributed by atoms with Gasteiger partial charge in [0.2, 0.25) is 11.9 Å². The Kier molecular flexibility index (Phi) is 5.67. The Bertz CT molecular complexity index is 1240. The van der Waals surface area contributed by atoms with Crippen LogP contribution in [0.25, 0.3) is 11.3 Å². The Morgan fingerprint density at radius 2 is 1.97 bits per heavy atom. The number of benzene rings is 1. The molecule has 3 aromatic heterocycles. The molecule has 10 heteroatoms. The highest BCUT2D eigenvalue weighted by molar-refractivity contribution is 5.56. The predicted molar refractivity (Wildman–Crippen MR) is 125 cm³/mol. The summed E-state index contributed by atoms with van der Waals surface area (Å²) in [6, 6.07) is 7.00. The molecule has 33 heavy (non-hydrogen) atoms. The van der Waals surface area contributed by atoms with Gasteiger partial charge < -0.3 is 16.0 Å². The van der Waals surface area contributed by atoms with E-state index in [1.54, 1.807) is 27.7 Å². The van der Waals surface area contributed by atoms with Gasteiger partial charge in [0.25, 0.3) is 0 Å². The summed E-state index contributed by atoms with van der Waals surface area (Å²) < 4.78 is 18.2. The van der Waals surface area contributed by atoms with Crippen molar-refractivity contribution in [3.05, 3.63) is 59.8 Å². The third-order valence-corrected chi connectivity index (χ3v) is 6.10. The van der Waals surface area contributed by atoms with Crippen molar-refractivity contribution < 1.29 is 4.39 Å². The largest absolute Gasteiger partial charge is 0.350 e. The number of fused-ring (bicyclic) bond motifs is 1. The van der Waals surface area contributed by atoms with Gasteiger partial charge in [-0.15, -0.1) is 0 Å². The van der Waals surface area contributed by atoms with E-state index in [0.717, 1.165) is 37.1 Å². The number of nitrogens with two attached hydrogens (primary N) is 1. The lowest BCUT2D eigenvalue weighted by atomic mass is 10.1. The van der Waals surface area contributed by atoms with Crippen molar-refractivity contribution >= 4 is 17.5 Å². The first-order valence-electron chi connectivity index (χ1n) is 11.3. The van der Waals surface area contributed by atoms with Gasteiger partial charge in [-0.25, -0.2) is 9.07 Å². The highest BCUT2D eigenvalue weighted by Gasteiger charge is 2.22. The summed E-state index contributed by atoms with van der Waals surface area (Å²) >= 11 is 0. The third-order valence-electron chi connectivity index (χ3n) is 6.10. The molecule has 5 rings (SSSR count). The summed E-state index contributed by atoms with van der Waals surface area (Å²) in [6.45, 7) is 6.05. The number of nitrogens with one attached hydrogen (secondary N) is 1. The van der Waals surface area contributed by atoms with Crippen molar-refractivity contribution in [1.82, 2.24) is 29.4 Å². The first-order chi connectivity index (χ1) is 16.0. The van der Waals surface area contributed by atoms with Crippen LogP contribution in [0.4, 0.5) is 16.3 Å². The van der Waals surface area contributed by atoms with Gasteiger partial charge in [-0.3, -0.25) is 0 Å². The minimum absolute atomic E-state index is 0.213. The van der Waals surface area contributed by atoms with Gasteiger partial charge in [-0.05, 0) is 37.0 Å². The molecule has 9 nitrogen and oxygen atoms in total. The van der Waals surface area contributed by atoms with Crippen LogP contribution in [0.3, 0.4) is 0 Å². The maximum absolute atomic E-state index is 14.8. The van der Waals surface area contributed by atoms with Gasteiger partial charge in [-0.1, -0.05) is 19.9 Å². The smallest absolute Gasteiger partial charge is 0.230 e. The number of anilines is 2. The third kappa shape index (κ3) is 4.13. The maximum atomic E-state index is 14.8. The van der Waals surface area contributed by atoms with E-state index in [4.69, 9.17) is 15.7 Å². The molecule has 0 unspecified atom stereocenters. The Labute approximate surface area is 191 Å². The van der Waals surface area contributed by atoms with Crippen LogP contribution >= 0.6 is 0 Å². The van der Waals surface area contributed by atoms with Gasteiger partial charge in [-0.2, -0.15) is 24.7 Å². The summed E-state index contributed by atoms with van der Waals surface area (Å²) in [5.74, 6) is 1.10. The molecular formula is C23H28FN9. The van der Waals surface area contributed by atoms with Crippen LogP contribution in [0, 0.1) is 5.82 Å². The van der Waals surface area contributed by atoms with E-state index in [-0.39, 0.29) is 24.3 Å². The molecule has 1 aliphatic heterocycles. The van der Waals surface area contributed by atoms with E-state index in [9.17, 15) is 4.39 Å². The average molecular weight is 450 g/mol. The molecule has 0 amide bonds. The summed E-state index contributed by atoms with van der Waals surface area (Å²) in [4.78, 5) is 11.8. The van der Waals surface area contributed by atoms with Gasteiger partial charge in [0.05, 0.1) is 11.9 Å². The van der Waals surface area contributed by atoms with Crippen LogP contribution in [0.5, 0.6) is 0 Å². The quantitative estimate of drug-likeness (QED) is 0.466. The van der Waals surface area contributed by atoms with Crippen molar-refractivity contribution in [3.63, 3.8) is 0 Å². The zero-order valence-electron chi connectivity index (χ0n) is 18.8. The molecule has 4 aromatic rings. The second-order valence-electron chi connectivity index (χ2n) is 8.70. The summed E-state index contributed by atoms with van der Waals surface area (Å²) in [5, 5.41) is 12.1. The number of rotatable bonds is 6. The van der Waals surface area contributed by atoms with Crippen LogP contribution in [0.2, 0.25) is 0 Å². The maximum Gasteiger partial charge on any atom is 0.230 e. The molecule has 4 heterocycles. The molecule has 0 saturated carbocycles. The Morgan fingerprint density at radius 1 is 1.15 bits per heavy atom. The normalized spacial score (nSPS) is 15.0. The molecular weight excluding hydrogens is 421 g/mol. The molecule has 1 aliphatic rings. The molecule has 0 atom stereocenters. The van der Waals surface area contributed by atoms with Gasteiger partial charge >= 0.3 is 0 Å². The molecule has 1 aromatic carbocycles. The van der Waals surface area contributed by atoms with E-state index < -0.39 is 0 Å². The fourth-order valence-electron chi connectivity index (χ4n) is 4.16. The molecule has 0 spiro atoms. The second-order valence-corrected chi connectivity index (χ2v) is 8.70. The number of nitrogens with zero attached hydrogens (tertiary/aromatic N) is 7. The first kappa shape index (κ1) is 21.3. The van der Waals surface area contributed by atoms with E-state index in [1.807, 2.05) is 18.3 Å². The van der Waals surface area contributed by atoms with Crippen molar-refractivity contribution in [2.75, 3.05) is 23.3 Å². The SMILES string of the molecule is CC(C)c1cnn2c(NCc3c(F)cccc3-n3cccn3)nc(N3CCC(N)CC3)nc12. The molecule has 0 aliphatic carbocycles. The molecule has 0 radical (unpaired) electrons. The Hall–Kier alpha value is -3.53. The lowest BCUT2D eigenvalue weighted by molar-refractivity contribution is 0.495. The van der Waals surface area contributed by atoms with Crippen LogP contribution in [0.15, 0.2) is 42.9 Å². The van der Waals surface area contributed by atoms with Crippen LogP contribution in [-0.2, 0) is 6.54 Å². The van der Waals surface area contributed by atoms with Crippen molar-refractivity contribution in [3.8, 4) is 5.69 Å². The fraction of sp³-hybridized carbons (Fsp3) is 0.391. The summed E-state index contributed by atoms with van der Waals surface area (Å²) in [5.41, 5.74) is 9.05. The Balaban J connectivity index is 1.52. The zero-order chi connectivity index (χ0) is 22.9. The van der Waals surface area contributed by atoms with E-state index >= 15 is 0 Å². The van der Waals surface area contributed by atoms with Crippen molar-refractivity contribution in [2.24, 2.45) is 5.73 Å². The minimum atomic E-state index is -0.311. The second kappa shape index (κ2) is 8.78. The number of piperidine rings is 1. The molecule has 1 saturated heterocycles. The van der Waals surface area contributed by atoms with Gasteiger partial charge in [0, 0.05) is 49.2 Å². The van der Waals surface area contributed by atoms with E-state index in [2.05, 4.69) is 34.3 Å². The van der Waals surface area contributed by atoms with Crippen LogP contribution in [0.1, 0.15) is 43.7 Å². The summed E-state index contributed by atoms with van der Waals surface area (Å²) in [7, 11) is 0. The monoisotopic (exact) mass is 449 g/mol. The highest BCUT2D eigenvalue weighted by atomic mass is 19.1. The van der Waals surface area contributed by atoms with E-state index in [1.165, 1.54) is 6.07 Å². The molecule has 0 bridgehead atoms. The number of hydrogen-bond donors (Lipinski definition) is 2. The zero-order valence-corrected chi connectivity index (χ0v) is 18.8. The minimum Gasteiger partial charge on any atom is -0.350 e. The van der Waals surface area contributed by atoms with Gasteiger partial charge in [0.15, 0.2) is 5.65 Å². The number of halogens is 1. The fourth-order valence-corrected chi connectivity index (χ4v) is 4.16. The Morgan fingerprint density at radius 3 is 2.70 bits per heavy atom. The average Bonchev–Trinajstić information content (AvgIpc) is 3.48. The summed E-state index contributed by atoms with van der Waals surface area (Å²) in [6.07, 6.45) is 7.09. The standard InChI is InChI=1S/C23H28FN9/c1-15(2)17-14-28-33-21(17)29-23(31-11-7-16(25)8-12-31)30-22(33)26-13-18-19(24)5-3-6-20(18)32-10-4-9-27-32/h3-6,9-10,14-16H,7-8,11-13,25H2,1-2H3,(H,26,29,30). The van der Waals surface area contributed by atoms with Crippen LogP contribution < -0.4 is 16.0 Å². The van der Waals surface area contributed by atoms with Crippen molar-refractivity contribution in [2.45, 2.75) is 45.2 Å². The highest BCUT2D eigenvalue weighted by Crippen LogP contribution is 2.25. The lowest BCUT2D eigenvalue weighted by Crippen LogP contribution is -2.40. The molecule has 1 fully saturated rings. The van der Waals surface area contributed by atoms with Crippen molar-refractivity contribution in [1.29, 1.82) is 0 Å².